The molecule has 0 fully saturated rings. The minimum Gasteiger partial charge on any atom is -0.355 e. The number of nitrogens with one attached hydrogen (secondary N) is 1. The molecule has 0 aliphatic rings. The second kappa shape index (κ2) is 5.68. The molecule has 5 nitrogen and oxygen atoms in total. The molecule has 3 rings (SSSR count). The largest absolute Gasteiger partial charge is 0.355 e. The summed E-state index contributed by atoms with van der Waals surface area (Å²) in [6.07, 6.45) is 0. The second-order valence-corrected chi connectivity index (χ2v) is 5.72. The zero-order chi connectivity index (χ0) is 16.6. The van der Waals surface area contributed by atoms with E-state index < -0.39 is 4.92 Å². The molecule has 0 bridgehead atoms. The van der Waals surface area contributed by atoms with Gasteiger partial charge in [-0.3, -0.25) is 15.1 Å². The number of non-ortho nitro benzene ring substituents is 1. The van der Waals surface area contributed by atoms with Crippen LogP contribution in [0, 0.1) is 30.9 Å². The molecule has 0 saturated carbocycles. The molecule has 1 heterocycles. The van der Waals surface area contributed by atoms with E-state index in [1.807, 2.05) is 32.9 Å². The molecule has 0 radical (unpaired) electrons. The molecule has 23 heavy (non-hydrogen) atoms. The normalized spacial score (nSPS) is 10.7. The summed E-state index contributed by atoms with van der Waals surface area (Å²) in [4.78, 5) is 15.2. The Morgan fingerprint density at radius 1 is 1.09 bits per heavy atom. The summed E-state index contributed by atoms with van der Waals surface area (Å²) in [5.74, 6) is 0. The van der Waals surface area contributed by atoms with Crippen LogP contribution < -0.4 is 5.32 Å². The van der Waals surface area contributed by atoms with Gasteiger partial charge in [0.05, 0.1) is 10.4 Å². The number of anilines is 2. The molecule has 1 aromatic heterocycles. The molecule has 0 saturated heterocycles. The van der Waals surface area contributed by atoms with Crippen molar-refractivity contribution in [1.29, 1.82) is 0 Å². The van der Waals surface area contributed by atoms with Crippen molar-refractivity contribution in [3.05, 3.63) is 69.4 Å². The van der Waals surface area contributed by atoms with Crippen molar-refractivity contribution in [3.63, 3.8) is 0 Å². The quantitative estimate of drug-likeness (QED) is 0.557. The van der Waals surface area contributed by atoms with Gasteiger partial charge in [0.15, 0.2) is 0 Å². The standard InChI is InChI=1S/C18H17N3O2/c1-11-7-12(2)18-16(8-11)17(9-13(3)19-18)20-14-5-4-6-15(10-14)21(22)23/h4-10H,1-3H3,(H,19,20). The van der Waals surface area contributed by atoms with Crippen molar-refractivity contribution < 1.29 is 4.92 Å². The second-order valence-electron chi connectivity index (χ2n) is 5.72. The Labute approximate surface area is 134 Å². The predicted octanol–water partition coefficient (Wildman–Crippen LogP) is 4.81. The molecule has 0 aliphatic heterocycles. The zero-order valence-electron chi connectivity index (χ0n) is 13.3. The van der Waals surface area contributed by atoms with Gasteiger partial charge < -0.3 is 5.32 Å². The minimum absolute atomic E-state index is 0.0671. The lowest BCUT2D eigenvalue weighted by Gasteiger charge is -2.13. The third-order valence-corrected chi connectivity index (χ3v) is 3.71. The summed E-state index contributed by atoms with van der Waals surface area (Å²) in [5.41, 5.74) is 5.77. The van der Waals surface area contributed by atoms with Gasteiger partial charge in [-0.25, -0.2) is 0 Å². The van der Waals surface area contributed by atoms with E-state index in [4.69, 9.17) is 0 Å². The summed E-state index contributed by atoms with van der Waals surface area (Å²) >= 11 is 0. The highest BCUT2D eigenvalue weighted by atomic mass is 16.6. The first-order valence-electron chi connectivity index (χ1n) is 7.34. The molecular weight excluding hydrogens is 290 g/mol. The number of aromatic nitrogens is 1. The fraction of sp³-hybridized carbons (Fsp3) is 0.167. The van der Waals surface area contributed by atoms with Gasteiger partial charge in [0, 0.05) is 34.6 Å². The average molecular weight is 307 g/mol. The van der Waals surface area contributed by atoms with Gasteiger partial charge in [-0.2, -0.15) is 0 Å². The lowest BCUT2D eigenvalue weighted by Crippen LogP contribution is -1.97. The lowest BCUT2D eigenvalue weighted by molar-refractivity contribution is -0.384. The number of nitro groups is 1. The Hall–Kier alpha value is -2.95. The van der Waals surface area contributed by atoms with E-state index >= 15 is 0 Å². The van der Waals surface area contributed by atoms with E-state index in [2.05, 4.69) is 22.4 Å². The fourth-order valence-electron chi connectivity index (χ4n) is 2.77. The number of rotatable bonds is 3. The van der Waals surface area contributed by atoms with Crippen molar-refractivity contribution in [2.24, 2.45) is 0 Å². The first-order valence-corrected chi connectivity index (χ1v) is 7.34. The zero-order valence-corrected chi connectivity index (χ0v) is 13.3. The third kappa shape index (κ3) is 2.99. The van der Waals surface area contributed by atoms with Crippen LogP contribution in [0.4, 0.5) is 17.1 Å². The first kappa shape index (κ1) is 15.0. The highest BCUT2D eigenvalue weighted by Crippen LogP contribution is 2.30. The van der Waals surface area contributed by atoms with E-state index in [1.54, 1.807) is 6.07 Å². The Morgan fingerprint density at radius 2 is 1.87 bits per heavy atom. The van der Waals surface area contributed by atoms with Gasteiger partial charge >= 0.3 is 0 Å². The number of pyridine rings is 1. The van der Waals surface area contributed by atoms with E-state index in [-0.39, 0.29) is 5.69 Å². The smallest absolute Gasteiger partial charge is 0.271 e. The van der Waals surface area contributed by atoms with Crippen molar-refractivity contribution in [3.8, 4) is 0 Å². The maximum atomic E-state index is 10.9. The number of fused-ring (bicyclic) bond motifs is 1. The predicted molar refractivity (Wildman–Crippen MR) is 92.3 cm³/mol. The molecule has 0 spiro atoms. The summed E-state index contributed by atoms with van der Waals surface area (Å²) in [7, 11) is 0. The van der Waals surface area contributed by atoms with Gasteiger partial charge in [0.25, 0.3) is 5.69 Å². The Morgan fingerprint density at radius 3 is 2.61 bits per heavy atom. The Balaban J connectivity index is 2.13. The van der Waals surface area contributed by atoms with Crippen LogP contribution in [0.15, 0.2) is 42.5 Å². The van der Waals surface area contributed by atoms with Crippen LogP contribution >= 0.6 is 0 Å². The maximum absolute atomic E-state index is 10.9. The van der Waals surface area contributed by atoms with Gasteiger partial charge in [-0.05, 0) is 44.5 Å². The summed E-state index contributed by atoms with van der Waals surface area (Å²) in [6, 6.07) is 12.6. The minimum atomic E-state index is -0.393. The van der Waals surface area contributed by atoms with Crippen molar-refractivity contribution in [2.75, 3.05) is 5.32 Å². The van der Waals surface area contributed by atoms with Crippen LogP contribution in [0.25, 0.3) is 10.9 Å². The number of hydrogen-bond donors (Lipinski definition) is 1. The highest BCUT2D eigenvalue weighted by molar-refractivity contribution is 5.95. The van der Waals surface area contributed by atoms with Gasteiger partial charge in [-0.1, -0.05) is 17.7 Å². The molecule has 5 heteroatoms. The SMILES string of the molecule is Cc1cc(C)c2nc(C)cc(Nc3cccc([N+](=O)[O-])c3)c2c1. The summed E-state index contributed by atoms with van der Waals surface area (Å²) in [5, 5.41) is 15.2. The van der Waals surface area contributed by atoms with Crippen LogP contribution in [0.1, 0.15) is 16.8 Å². The summed E-state index contributed by atoms with van der Waals surface area (Å²) < 4.78 is 0. The van der Waals surface area contributed by atoms with Gasteiger partial charge in [-0.15, -0.1) is 0 Å². The van der Waals surface area contributed by atoms with Crippen molar-refractivity contribution in [1.82, 2.24) is 4.98 Å². The van der Waals surface area contributed by atoms with Crippen LogP contribution in [0.5, 0.6) is 0 Å². The van der Waals surface area contributed by atoms with E-state index in [1.165, 1.54) is 12.1 Å². The molecule has 3 aromatic rings. The monoisotopic (exact) mass is 307 g/mol. The molecular formula is C18H17N3O2. The van der Waals surface area contributed by atoms with E-state index in [0.717, 1.165) is 33.4 Å². The number of benzene rings is 2. The first-order chi connectivity index (χ1) is 10.9. The van der Waals surface area contributed by atoms with Gasteiger partial charge in [0.1, 0.15) is 0 Å². The Kier molecular flexibility index (Phi) is 3.70. The van der Waals surface area contributed by atoms with Crippen LogP contribution in [-0.2, 0) is 0 Å². The molecule has 1 N–H and O–H groups in total. The van der Waals surface area contributed by atoms with Crippen molar-refractivity contribution >= 4 is 28.0 Å². The highest BCUT2D eigenvalue weighted by Gasteiger charge is 2.10. The van der Waals surface area contributed by atoms with Gasteiger partial charge in [0.2, 0.25) is 0 Å². The third-order valence-electron chi connectivity index (χ3n) is 3.71. The molecule has 2 aromatic carbocycles. The molecule has 116 valence electrons. The molecule has 0 atom stereocenters. The molecule has 0 amide bonds. The topological polar surface area (TPSA) is 68.1 Å². The van der Waals surface area contributed by atoms with E-state index in [9.17, 15) is 10.1 Å². The average Bonchev–Trinajstić information content (AvgIpc) is 2.49. The van der Waals surface area contributed by atoms with Crippen LogP contribution in [0.2, 0.25) is 0 Å². The number of nitro benzene ring substituents is 1. The Bertz CT molecular complexity index is 920. The number of hydrogen-bond acceptors (Lipinski definition) is 4. The van der Waals surface area contributed by atoms with Crippen LogP contribution in [0.3, 0.4) is 0 Å². The molecule has 0 unspecified atom stereocenters. The van der Waals surface area contributed by atoms with E-state index in [0.29, 0.717) is 5.69 Å². The van der Waals surface area contributed by atoms with Crippen molar-refractivity contribution in [2.45, 2.75) is 20.8 Å². The summed E-state index contributed by atoms with van der Waals surface area (Å²) in [6.45, 7) is 6.03. The number of nitrogens with zero attached hydrogens (tertiary/aromatic N) is 2. The maximum Gasteiger partial charge on any atom is 0.271 e. The fourth-order valence-corrected chi connectivity index (χ4v) is 2.77. The number of aryl methyl sites for hydroxylation is 3. The molecule has 0 aliphatic carbocycles. The van der Waals surface area contributed by atoms with Crippen LogP contribution in [-0.4, -0.2) is 9.91 Å². The lowest BCUT2D eigenvalue weighted by atomic mass is 10.0.